The SMILES string of the molecule is CC(Nc1ccc(NS(C)(=O)=O)cc1)C(=O)Nc1cccc(Cl)c1Cl. The number of benzene rings is 2. The van der Waals surface area contributed by atoms with Crippen LogP contribution in [-0.2, 0) is 14.8 Å². The summed E-state index contributed by atoms with van der Waals surface area (Å²) in [7, 11) is -3.33. The van der Waals surface area contributed by atoms with Crippen LogP contribution in [0, 0.1) is 0 Å². The summed E-state index contributed by atoms with van der Waals surface area (Å²) in [4.78, 5) is 12.3. The highest BCUT2D eigenvalue weighted by Crippen LogP contribution is 2.29. The highest BCUT2D eigenvalue weighted by molar-refractivity contribution is 7.92. The zero-order chi connectivity index (χ0) is 18.6. The van der Waals surface area contributed by atoms with E-state index in [1.54, 1.807) is 49.4 Å². The predicted octanol–water partition coefficient (Wildman–Crippen LogP) is 3.80. The fraction of sp³-hybridized carbons (Fsp3) is 0.188. The summed E-state index contributed by atoms with van der Waals surface area (Å²) in [5, 5.41) is 6.36. The first kappa shape index (κ1) is 19.4. The van der Waals surface area contributed by atoms with Gasteiger partial charge in [0.1, 0.15) is 6.04 Å². The Morgan fingerprint density at radius 1 is 1.04 bits per heavy atom. The van der Waals surface area contributed by atoms with Crippen molar-refractivity contribution in [2.75, 3.05) is 21.6 Å². The van der Waals surface area contributed by atoms with Crippen LogP contribution < -0.4 is 15.4 Å². The summed E-state index contributed by atoms with van der Waals surface area (Å²) in [6, 6.07) is 11.0. The number of rotatable bonds is 6. The fourth-order valence-electron chi connectivity index (χ4n) is 2.01. The van der Waals surface area contributed by atoms with Crippen LogP contribution in [-0.4, -0.2) is 26.6 Å². The Morgan fingerprint density at radius 2 is 1.64 bits per heavy atom. The Hall–Kier alpha value is -1.96. The molecule has 9 heteroatoms. The van der Waals surface area contributed by atoms with Gasteiger partial charge >= 0.3 is 0 Å². The highest BCUT2D eigenvalue weighted by Gasteiger charge is 2.15. The zero-order valence-electron chi connectivity index (χ0n) is 13.5. The molecule has 0 aliphatic heterocycles. The summed E-state index contributed by atoms with van der Waals surface area (Å²) >= 11 is 12.0. The van der Waals surface area contributed by atoms with Gasteiger partial charge in [0.15, 0.2) is 0 Å². The topological polar surface area (TPSA) is 87.3 Å². The number of halogens is 2. The molecule has 0 saturated carbocycles. The number of amides is 1. The molecule has 0 spiro atoms. The maximum absolute atomic E-state index is 12.3. The molecule has 1 amide bonds. The van der Waals surface area contributed by atoms with Crippen molar-refractivity contribution < 1.29 is 13.2 Å². The first-order chi connectivity index (χ1) is 11.7. The number of hydrogen-bond donors (Lipinski definition) is 3. The lowest BCUT2D eigenvalue weighted by Crippen LogP contribution is -2.31. The van der Waals surface area contributed by atoms with E-state index in [2.05, 4.69) is 15.4 Å². The van der Waals surface area contributed by atoms with E-state index in [1.165, 1.54) is 0 Å². The predicted molar refractivity (Wildman–Crippen MR) is 103 cm³/mol. The summed E-state index contributed by atoms with van der Waals surface area (Å²) in [5.74, 6) is -0.289. The quantitative estimate of drug-likeness (QED) is 0.686. The number of anilines is 3. The van der Waals surface area contributed by atoms with Crippen LogP contribution in [0.25, 0.3) is 0 Å². The number of hydrogen-bond acceptors (Lipinski definition) is 4. The molecule has 6 nitrogen and oxygen atoms in total. The molecule has 0 heterocycles. The van der Waals surface area contributed by atoms with Gasteiger partial charge < -0.3 is 10.6 Å². The van der Waals surface area contributed by atoms with Gasteiger partial charge in [0.05, 0.1) is 22.0 Å². The van der Waals surface area contributed by atoms with Gasteiger partial charge in [0, 0.05) is 11.4 Å². The van der Waals surface area contributed by atoms with Crippen LogP contribution in [0.4, 0.5) is 17.1 Å². The van der Waals surface area contributed by atoms with Gasteiger partial charge in [0.25, 0.3) is 0 Å². The van der Waals surface area contributed by atoms with E-state index in [0.29, 0.717) is 22.1 Å². The molecular formula is C16H17Cl2N3O3S. The van der Waals surface area contributed by atoms with Crippen LogP contribution in [0.5, 0.6) is 0 Å². The Kier molecular flexibility index (Phi) is 6.16. The van der Waals surface area contributed by atoms with Crippen molar-refractivity contribution in [3.05, 3.63) is 52.5 Å². The largest absolute Gasteiger partial charge is 0.374 e. The highest BCUT2D eigenvalue weighted by atomic mass is 35.5. The second kappa shape index (κ2) is 7.95. The second-order valence-electron chi connectivity index (χ2n) is 5.41. The number of nitrogens with one attached hydrogen (secondary N) is 3. The molecule has 2 rings (SSSR count). The van der Waals surface area contributed by atoms with Gasteiger partial charge in [0.2, 0.25) is 15.9 Å². The molecule has 2 aromatic carbocycles. The molecule has 3 N–H and O–H groups in total. The summed E-state index contributed by atoms with van der Waals surface area (Å²) in [6.07, 6.45) is 1.08. The molecule has 0 fully saturated rings. The Balaban J connectivity index is 2.00. The van der Waals surface area contributed by atoms with E-state index in [1.807, 2.05) is 0 Å². The zero-order valence-corrected chi connectivity index (χ0v) is 15.8. The number of carbonyl (C=O) groups is 1. The van der Waals surface area contributed by atoms with E-state index in [9.17, 15) is 13.2 Å². The third-order valence-corrected chi connectivity index (χ3v) is 4.60. The Morgan fingerprint density at radius 3 is 2.24 bits per heavy atom. The minimum Gasteiger partial charge on any atom is -0.374 e. The molecule has 0 radical (unpaired) electrons. The minimum absolute atomic E-state index is 0.279. The summed E-state index contributed by atoms with van der Waals surface area (Å²) in [5.41, 5.74) is 1.54. The van der Waals surface area contributed by atoms with Gasteiger partial charge in [-0.3, -0.25) is 9.52 Å². The standard InChI is InChI=1S/C16H17Cl2N3O3S/c1-10(16(22)20-14-5-3-4-13(17)15(14)18)19-11-6-8-12(9-7-11)21-25(2,23)24/h3-10,19,21H,1-2H3,(H,20,22). The van der Waals surface area contributed by atoms with Gasteiger partial charge in [-0.15, -0.1) is 0 Å². The van der Waals surface area contributed by atoms with Gasteiger partial charge in [-0.2, -0.15) is 0 Å². The van der Waals surface area contributed by atoms with Crippen molar-refractivity contribution in [3.8, 4) is 0 Å². The lowest BCUT2D eigenvalue weighted by atomic mass is 10.2. The molecule has 0 saturated heterocycles. The Bertz CT molecular complexity index is 871. The molecule has 0 aliphatic carbocycles. The fourth-order valence-corrected chi connectivity index (χ4v) is 2.92. The molecule has 0 bridgehead atoms. The molecular weight excluding hydrogens is 385 g/mol. The van der Waals surface area contributed by atoms with Crippen molar-refractivity contribution >= 4 is 56.2 Å². The van der Waals surface area contributed by atoms with E-state index < -0.39 is 16.1 Å². The second-order valence-corrected chi connectivity index (χ2v) is 7.94. The van der Waals surface area contributed by atoms with Crippen molar-refractivity contribution in [1.82, 2.24) is 0 Å². The smallest absolute Gasteiger partial charge is 0.246 e. The summed E-state index contributed by atoms with van der Waals surface area (Å²) in [6.45, 7) is 1.69. The maximum atomic E-state index is 12.3. The minimum atomic E-state index is -3.33. The van der Waals surface area contributed by atoms with E-state index >= 15 is 0 Å². The lowest BCUT2D eigenvalue weighted by Gasteiger charge is -2.16. The first-order valence-electron chi connectivity index (χ1n) is 7.25. The molecule has 1 atom stereocenters. The van der Waals surface area contributed by atoms with Crippen LogP contribution in [0.1, 0.15) is 6.92 Å². The Labute approximate surface area is 156 Å². The van der Waals surface area contributed by atoms with E-state index in [0.717, 1.165) is 6.26 Å². The van der Waals surface area contributed by atoms with Crippen molar-refractivity contribution in [2.24, 2.45) is 0 Å². The van der Waals surface area contributed by atoms with E-state index in [-0.39, 0.29) is 10.9 Å². The van der Waals surface area contributed by atoms with Crippen molar-refractivity contribution in [2.45, 2.75) is 13.0 Å². The molecule has 0 aliphatic rings. The first-order valence-corrected chi connectivity index (χ1v) is 9.90. The van der Waals surface area contributed by atoms with Gasteiger partial charge in [-0.25, -0.2) is 8.42 Å². The van der Waals surface area contributed by atoms with Crippen LogP contribution >= 0.6 is 23.2 Å². The monoisotopic (exact) mass is 401 g/mol. The van der Waals surface area contributed by atoms with Gasteiger partial charge in [-0.05, 0) is 43.3 Å². The number of carbonyl (C=O) groups excluding carboxylic acids is 1. The van der Waals surface area contributed by atoms with Crippen molar-refractivity contribution in [1.29, 1.82) is 0 Å². The van der Waals surface area contributed by atoms with Crippen LogP contribution in [0.2, 0.25) is 10.0 Å². The van der Waals surface area contributed by atoms with Crippen LogP contribution in [0.15, 0.2) is 42.5 Å². The molecule has 1 unspecified atom stereocenters. The lowest BCUT2D eigenvalue weighted by molar-refractivity contribution is -0.116. The molecule has 134 valence electrons. The van der Waals surface area contributed by atoms with Gasteiger partial charge in [-0.1, -0.05) is 29.3 Å². The average Bonchev–Trinajstić information content (AvgIpc) is 2.52. The maximum Gasteiger partial charge on any atom is 0.246 e. The van der Waals surface area contributed by atoms with Crippen molar-refractivity contribution in [3.63, 3.8) is 0 Å². The summed E-state index contributed by atoms with van der Waals surface area (Å²) < 4.78 is 24.7. The average molecular weight is 402 g/mol. The third kappa shape index (κ3) is 5.81. The third-order valence-electron chi connectivity index (χ3n) is 3.17. The molecule has 0 aromatic heterocycles. The normalized spacial score (nSPS) is 12.3. The molecule has 25 heavy (non-hydrogen) atoms. The van der Waals surface area contributed by atoms with Crippen LogP contribution in [0.3, 0.4) is 0 Å². The molecule has 2 aromatic rings. The van der Waals surface area contributed by atoms with E-state index in [4.69, 9.17) is 23.2 Å². The number of sulfonamides is 1.